The van der Waals surface area contributed by atoms with Gasteiger partial charge < -0.3 is 9.30 Å². The summed E-state index contributed by atoms with van der Waals surface area (Å²) in [5.41, 5.74) is 2.10. The fourth-order valence-corrected chi connectivity index (χ4v) is 4.00. The second kappa shape index (κ2) is 6.57. The molecule has 0 amide bonds. The number of ether oxygens (including phenoxy) is 1. The number of nitrogens with one attached hydrogen (secondary N) is 1. The molecular weight excluding hydrogens is 314 g/mol. The third-order valence-electron chi connectivity index (χ3n) is 5.52. The highest BCUT2D eigenvalue weighted by Gasteiger charge is 2.36. The molecule has 0 spiro atoms. The Bertz CT molecular complexity index is 707. The molecule has 0 radical (unpaired) electrons. The molecule has 4 rings (SSSR count). The Balaban J connectivity index is 1.61. The molecule has 0 unspecified atom stereocenters. The minimum atomic E-state index is 0.0511. The number of hydrogen-bond acceptors (Lipinski definition) is 4. The molecule has 6 nitrogen and oxygen atoms in total. The summed E-state index contributed by atoms with van der Waals surface area (Å²) in [7, 11) is 0. The lowest BCUT2D eigenvalue weighted by Crippen LogP contribution is -2.44. The second-order valence-electron chi connectivity index (χ2n) is 8.34. The first-order valence-corrected chi connectivity index (χ1v) is 9.45. The van der Waals surface area contributed by atoms with Crippen molar-refractivity contribution in [2.24, 2.45) is 0 Å². The molecule has 2 aromatic rings. The van der Waals surface area contributed by atoms with Crippen LogP contribution in [-0.4, -0.2) is 57.0 Å². The Morgan fingerprint density at radius 1 is 1.12 bits per heavy atom. The lowest BCUT2D eigenvalue weighted by molar-refractivity contribution is 0.122. The molecule has 0 aliphatic carbocycles. The molecule has 2 aliphatic rings. The van der Waals surface area contributed by atoms with E-state index < -0.39 is 0 Å². The quantitative estimate of drug-likeness (QED) is 0.931. The van der Waals surface area contributed by atoms with Crippen LogP contribution in [0.2, 0.25) is 0 Å². The lowest BCUT2D eigenvalue weighted by Gasteiger charge is -2.35. The highest BCUT2D eigenvalue weighted by atomic mass is 16.5. The van der Waals surface area contributed by atoms with E-state index in [0.29, 0.717) is 12.1 Å². The zero-order valence-corrected chi connectivity index (χ0v) is 15.5. The van der Waals surface area contributed by atoms with Crippen LogP contribution in [0, 0.1) is 0 Å². The van der Waals surface area contributed by atoms with Crippen molar-refractivity contribution in [2.45, 2.75) is 57.5 Å². The molecule has 2 fully saturated rings. The van der Waals surface area contributed by atoms with E-state index in [-0.39, 0.29) is 5.41 Å². The van der Waals surface area contributed by atoms with Crippen LogP contribution >= 0.6 is 0 Å². The van der Waals surface area contributed by atoms with Crippen molar-refractivity contribution < 1.29 is 4.74 Å². The number of likely N-dealkylation sites (tertiary alicyclic amines) is 1. The van der Waals surface area contributed by atoms with Crippen LogP contribution in [0.3, 0.4) is 0 Å². The van der Waals surface area contributed by atoms with E-state index in [1.165, 1.54) is 32.4 Å². The van der Waals surface area contributed by atoms with Gasteiger partial charge in [0.1, 0.15) is 5.69 Å². The summed E-state index contributed by atoms with van der Waals surface area (Å²) in [6, 6.07) is 2.88. The van der Waals surface area contributed by atoms with Gasteiger partial charge >= 0.3 is 0 Å². The highest BCUT2D eigenvalue weighted by Crippen LogP contribution is 2.31. The molecule has 136 valence electrons. The van der Waals surface area contributed by atoms with E-state index in [9.17, 15) is 0 Å². The van der Waals surface area contributed by atoms with Gasteiger partial charge in [0.2, 0.25) is 0 Å². The summed E-state index contributed by atoms with van der Waals surface area (Å²) >= 11 is 0. The van der Waals surface area contributed by atoms with Crippen molar-refractivity contribution in [1.29, 1.82) is 0 Å². The van der Waals surface area contributed by atoms with Crippen LogP contribution in [0.25, 0.3) is 11.5 Å². The average Bonchev–Trinajstić information content (AvgIpc) is 3.33. The van der Waals surface area contributed by atoms with Gasteiger partial charge in [-0.3, -0.25) is 10.00 Å². The van der Waals surface area contributed by atoms with Crippen molar-refractivity contribution >= 4 is 0 Å². The first kappa shape index (κ1) is 16.8. The SMILES string of the molecule is CC(C)(C)c1cc(-c2nccn2[C@H]2COC[C@@H]2N2CCCCC2)n[nH]1. The Hall–Kier alpha value is -1.66. The molecule has 2 saturated heterocycles. The van der Waals surface area contributed by atoms with Crippen LogP contribution in [-0.2, 0) is 10.2 Å². The fraction of sp³-hybridized carbons (Fsp3) is 0.684. The predicted octanol–water partition coefficient (Wildman–Crippen LogP) is 3.00. The average molecular weight is 343 g/mol. The largest absolute Gasteiger partial charge is 0.378 e. The summed E-state index contributed by atoms with van der Waals surface area (Å²) in [6.45, 7) is 10.5. The zero-order chi connectivity index (χ0) is 17.4. The standard InChI is InChI=1S/C19H29N5O/c1-19(2,3)17-11-14(21-22-17)18-20-7-10-24(18)16-13-25-12-15(16)23-8-5-4-6-9-23/h7,10-11,15-16H,4-6,8-9,12-13H2,1-3H3,(H,21,22)/t15-,16-/m0/s1. The van der Waals surface area contributed by atoms with Crippen molar-refractivity contribution in [1.82, 2.24) is 24.6 Å². The van der Waals surface area contributed by atoms with Gasteiger partial charge in [0, 0.05) is 23.5 Å². The molecule has 2 atom stereocenters. The number of aromatic nitrogens is 4. The normalized spacial score (nSPS) is 25.6. The molecule has 2 aliphatic heterocycles. The maximum Gasteiger partial charge on any atom is 0.160 e. The van der Waals surface area contributed by atoms with Gasteiger partial charge in [0.25, 0.3) is 0 Å². The monoisotopic (exact) mass is 343 g/mol. The summed E-state index contributed by atoms with van der Waals surface area (Å²) in [5, 5.41) is 7.71. The smallest absolute Gasteiger partial charge is 0.160 e. The minimum Gasteiger partial charge on any atom is -0.378 e. The van der Waals surface area contributed by atoms with Gasteiger partial charge in [0.05, 0.1) is 25.3 Å². The predicted molar refractivity (Wildman–Crippen MR) is 97.6 cm³/mol. The molecule has 4 heterocycles. The van der Waals surface area contributed by atoms with Crippen molar-refractivity contribution in [3.63, 3.8) is 0 Å². The van der Waals surface area contributed by atoms with Crippen LogP contribution in [0.15, 0.2) is 18.5 Å². The zero-order valence-electron chi connectivity index (χ0n) is 15.5. The molecular formula is C19H29N5O. The summed E-state index contributed by atoms with van der Waals surface area (Å²) in [6.07, 6.45) is 7.92. The highest BCUT2D eigenvalue weighted by molar-refractivity contribution is 5.51. The second-order valence-corrected chi connectivity index (χ2v) is 8.34. The van der Waals surface area contributed by atoms with Crippen LogP contribution in [0.5, 0.6) is 0 Å². The first-order valence-electron chi connectivity index (χ1n) is 9.45. The summed E-state index contributed by atoms with van der Waals surface area (Å²) < 4.78 is 8.15. The molecule has 1 N–H and O–H groups in total. The molecule has 0 bridgehead atoms. The third kappa shape index (κ3) is 3.25. The van der Waals surface area contributed by atoms with Gasteiger partial charge in [-0.2, -0.15) is 5.10 Å². The Morgan fingerprint density at radius 3 is 2.60 bits per heavy atom. The van der Waals surface area contributed by atoms with E-state index in [1.54, 1.807) is 0 Å². The Kier molecular flexibility index (Phi) is 4.41. The molecule has 6 heteroatoms. The third-order valence-corrected chi connectivity index (χ3v) is 5.52. The number of nitrogens with zero attached hydrogens (tertiary/aromatic N) is 4. The van der Waals surface area contributed by atoms with Crippen LogP contribution in [0.1, 0.15) is 51.8 Å². The molecule has 2 aromatic heterocycles. The van der Waals surface area contributed by atoms with Crippen molar-refractivity contribution in [3.05, 3.63) is 24.2 Å². The maximum absolute atomic E-state index is 5.88. The van der Waals surface area contributed by atoms with Gasteiger partial charge in [-0.1, -0.05) is 27.2 Å². The molecule has 25 heavy (non-hydrogen) atoms. The van der Waals surface area contributed by atoms with E-state index >= 15 is 0 Å². The first-order chi connectivity index (χ1) is 12.0. The van der Waals surface area contributed by atoms with E-state index in [1.807, 2.05) is 6.20 Å². The van der Waals surface area contributed by atoms with Crippen LogP contribution in [0.4, 0.5) is 0 Å². The number of rotatable bonds is 3. The molecule has 0 aromatic carbocycles. The fourth-order valence-electron chi connectivity index (χ4n) is 4.00. The van der Waals surface area contributed by atoms with Gasteiger partial charge in [-0.15, -0.1) is 0 Å². The van der Waals surface area contributed by atoms with Crippen molar-refractivity contribution in [3.8, 4) is 11.5 Å². The van der Waals surface area contributed by atoms with E-state index in [4.69, 9.17) is 4.74 Å². The van der Waals surface area contributed by atoms with Crippen LogP contribution < -0.4 is 0 Å². The maximum atomic E-state index is 5.88. The Morgan fingerprint density at radius 2 is 1.88 bits per heavy atom. The van der Waals surface area contributed by atoms with Gasteiger partial charge in [0.15, 0.2) is 5.82 Å². The van der Waals surface area contributed by atoms with Gasteiger partial charge in [-0.05, 0) is 32.0 Å². The number of piperidine rings is 1. The minimum absolute atomic E-state index is 0.0511. The number of hydrogen-bond donors (Lipinski definition) is 1. The number of aromatic amines is 1. The van der Waals surface area contributed by atoms with Gasteiger partial charge in [-0.25, -0.2) is 4.98 Å². The lowest BCUT2D eigenvalue weighted by atomic mass is 9.92. The molecule has 0 saturated carbocycles. The number of H-pyrrole nitrogens is 1. The van der Waals surface area contributed by atoms with E-state index in [0.717, 1.165) is 30.4 Å². The van der Waals surface area contributed by atoms with Crippen molar-refractivity contribution in [2.75, 3.05) is 26.3 Å². The summed E-state index contributed by atoms with van der Waals surface area (Å²) in [4.78, 5) is 7.22. The number of imidazole rings is 1. The Labute approximate surface area is 149 Å². The van der Waals surface area contributed by atoms with E-state index in [2.05, 4.69) is 57.7 Å². The summed E-state index contributed by atoms with van der Waals surface area (Å²) in [5.74, 6) is 0.934. The topological polar surface area (TPSA) is 59.0 Å².